The van der Waals surface area contributed by atoms with E-state index < -0.39 is 11.2 Å². The number of nitrogens with zero attached hydrogens (tertiary/aromatic N) is 5. The van der Waals surface area contributed by atoms with Crippen LogP contribution < -0.4 is 16.4 Å². The largest absolute Gasteiger partial charge is 0.393 e. The van der Waals surface area contributed by atoms with E-state index in [0.717, 1.165) is 18.9 Å². The third-order valence-corrected chi connectivity index (χ3v) is 7.90. The van der Waals surface area contributed by atoms with Crippen LogP contribution in [0.4, 0.5) is 22.0 Å². The lowest BCUT2D eigenvalue weighted by molar-refractivity contribution is -0.128. The fraction of sp³-hybridized carbons (Fsp3) is 0.480. The number of aliphatic hydroxyl groups is 1. The van der Waals surface area contributed by atoms with Gasteiger partial charge in [0.1, 0.15) is 11.3 Å². The van der Waals surface area contributed by atoms with E-state index in [0.29, 0.717) is 55.2 Å². The monoisotopic (exact) mass is 526 g/mol. The number of carbonyl (C=O) groups is 1. The Balaban J connectivity index is 1.54. The minimum atomic E-state index is -0.680. The first-order valence-electron chi connectivity index (χ1n) is 12.3. The molecule has 2 heterocycles. The second-order valence-electron chi connectivity index (χ2n) is 10.2. The van der Waals surface area contributed by atoms with Crippen molar-refractivity contribution in [2.75, 3.05) is 10.6 Å². The summed E-state index contributed by atoms with van der Waals surface area (Å²) in [5.41, 5.74) is 6.24. The number of primary amides is 1. The van der Waals surface area contributed by atoms with Gasteiger partial charge >= 0.3 is 0 Å². The summed E-state index contributed by atoms with van der Waals surface area (Å²) in [7, 11) is 0. The molecule has 2 aliphatic rings. The molecular formula is C25H28ClFN8O2. The second kappa shape index (κ2) is 9.76. The summed E-state index contributed by atoms with van der Waals surface area (Å²) in [5.74, 6) is -0.254. The predicted molar refractivity (Wildman–Crippen MR) is 137 cm³/mol. The van der Waals surface area contributed by atoms with Crippen molar-refractivity contribution in [2.24, 2.45) is 11.1 Å². The molecule has 194 valence electrons. The van der Waals surface area contributed by atoms with E-state index in [-0.39, 0.29) is 40.4 Å². The van der Waals surface area contributed by atoms with Crippen LogP contribution in [0.3, 0.4) is 0 Å². The van der Waals surface area contributed by atoms with E-state index in [1.165, 1.54) is 6.07 Å². The highest BCUT2D eigenvalue weighted by molar-refractivity contribution is 6.33. The number of aliphatic hydroxyl groups excluding tert-OH is 1. The van der Waals surface area contributed by atoms with Gasteiger partial charge < -0.3 is 21.5 Å². The van der Waals surface area contributed by atoms with Gasteiger partial charge in [-0.3, -0.25) is 9.36 Å². The van der Waals surface area contributed by atoms with Crippen LogP contribution in [0.5, 0.6) is 0 Å². The molecular weight excluding hydrogens is 499 g/mol. The number of nitrogens with one attached hydrogen (secondary N) is 2. The Bertz CT molecular complexity index is 1370. The summed E-state index contributed by atoms with van der Waals surface area (Å²) in [4.78, 5) is 25.8. The summed E-state index contributed by atoms with van der Waals surface area (Å²) in [6.07, 6.45) is 5.90. The minimum absolute atomic E-state index is 0.00116. The quantitative estimate of drug-likeness (QED) is 0.373. The van der Waals surface area contributed by atoms with E-state index in [9.17, 15) is 14.3 Å². The zero-order chi connectivity index (χ0) is 26.3. The molecule has 2 saturated carbocycles. The first-order chi connectivity index (χ1) is 17.7. The van der Waals surface area contributed by atoms with E-state index in [4.69, 9.17) is 27.6 Å². The number of anilines is 3. The molecule has 2 aliphatic carbocycles. The molecule has 3 aromatic rings. The molecule has 2 fully saturated rings. The van der Waals surface area contributed by atoms with Crippen LogP contribution in [0, 0.1) is 22.6 Å². The second-order valence-corrected chi connectivity index (χ2v) is 10.6. The van der Waals surface area contributed by atoms with Gasteiger partial charge in [0.15, 0.2) is 5.65 Å². The molecule has 5 rings (SSSR count). The topological polar surface area (TPSA) is 155 Å². The average molecular weight is 527 g/mol. The first kappa shape index (κ1) is 25.2. The maximum absolute atomic E-state index is 14.9. The van der Waals surface area contributed by atoms with Crippen molar-refractivity contribution in [3.63, 3.8) is 0 Å². The van der Waals surface area contributed by atoms with Crippen LogP contribution in [0.2, 0.25) is 5.02 Å². The SMILES string of the molecule is C[C@]1(C(N)=O)CC[C@@H](n2c(Nc3c(F)cc(C#N)cc3Cl)nc3cnc(N[C@@H]4CC[C@@H](O)C4)nc32)CC1. The molecule has 5 N–H and O–H groups in total. The maximum atomic E-state index is 14.9. The van der Waals surface area contributed by atoms with Crippen LogP contribution in [0.1, 0.15) is 63.5 Å². The third kappa shape index (κ3) is 4.91. The molecule has 37 heavy (non-hydrogen) atoms. The van der Waals surface area contributed by atoms with Crippen molar-refractivity contribution in [1.82, 2.24) is 19.5 Å². The van der Waals surface area contributed by atoms with Gasteiger partial charge in [0, 0.05) is 17.5 Å². The van der Waals surface area contributed by atoms with Crippen LogP contribution in [-0.4, -0.2) is 42.7 Å². The smallest absolute Gasteiger partial charge is 0.224 e. The highest BCUT2D eigenvalue weighted by Crippen LogP contribution is 2.43. The summed E-state index contributed by atoms with van der Waals surface area (Å²) in [5, 5.41) is 25.3. The van der Waals surface area contributed by atoms with Gasteiger partial charge in [-0.15, -0.1) is 0 Å². The van der Waals surface area contributed by atoms with Crippen molar-refractivity contribution < 1.29 is 14.3 Å². The van der Waals surface area contributed by atoms with Gasteiger partial charge in [-0.05, 0) is 57.1 Å². The van der Waals surface area contributed by atoms with Crippen molar-refractivity contribution in [2.45, 2.75) is 70.1 Å². The Morgan fingerprint density at radius 3 is 2.68 bits per heavy atom. The molecule has 0 saturated heterocycles. The number of aromatic nitrogens is 4. The number of fused-ring (bicyclic) bond motifs is 1. The third-order valence-electron chi connectivity index (χ3n) is 7.60. The molecule has 2 aromatic heterocycles. The van der Waals surface area contributed by atoms with Gasteiger partial charge in [-0.1, -0.05) is 18.5 Å². The lowest BCUT2D eigenvalue weighted by Crippen LogP contribution is -2.38. The van der Waals surface area contributed by atoms with E-state index in [1.807, 2.05) is 17.6 Å². The van der Waals surface area contributed by atoms with E-state index >= 15 is 0 Å². The van der Waals surface area contributed by atoms with E-state index in [2.05, 4.69) is 20.6 Å². The lowest BCUT2D eigenvalue weighted by Gasteiger charge is -2.35. The molecule has 0 unspecified atom stereocenters. The Labute approximate surface area is 218 Å². The van der Waals surface area contributed by atoms with Gasteiger partial charge in [0.2, 0.25) is 17.8 Å². The Morgan fingerprint density at radius 1 is 1.30 bits per heavy atom. The Kier molecular flexibility index (Phi) is 6.64. The highest BCUT2D eigenvalue weighted by atomic mass is 35.5. The standard InChI is InChI=1S/C25H28ClFN8O2/c1-25(22(29)37)6-4-15(5-7-25)35-21-19(12-30-23(34-21)31-14-2-3-16(36)10-14)32-24(35)33-20-17(26)8-13(11-28)9-18(20)27/h8-9,12,14-16,36H,2-7,10H2,1H3,(H2,29,37)(H,32,33)(H,30,31,34)/t14-,15-,16-,25+/m1/s1. The zero-order valence-electron chi connectivity index (χ0n) is 20.3. The fourth-order valence-corrected chi connectivity index (χ4v) is 5.53. The molecule has 1 aromatic carbocycles. The fourth-order valence-electron chi connectivity index (χ4n) is 5.28. The normalized spacial score (nSPS) is 25.6. The molecule has 1 amide bonds. The predicted octanol–water partition coefficient (Wildman–Crippen LogP) is 4.17. The molecule has 0 aliphatic heterocycles. The molecule has 0 radical (unpaired) electrons. The summed E-state index contributed by atoms with van der Waals surface area (Å²) in [6, 6.07) is 4.36. The first-order valence-corrected chi connectivity index (χ1v) is 12.7. The molecule has 0 bridgehead atoms. The van der Waals surface area contributed by atoms with Crippen LogP contribution in [0.25, 0.3) is 11.2 Å². The summed E-state index contributed by atoms with van der Waals surface area (Å²) in [6.45, 7) is 1.88. The summed E-state index contributed by atoms with van der Waals surface area (Å²) >= 11 is 6.30. The molecule has 0 spiro atoms. The minimum Gasteiger partial charge on any atom is -0.393 e. The number of rotatable bonds is 6. The maximum Gasteiger partial charge on any atom is 0.224 e. The van der Waals surface area contributed by atoms with Crippen molar-refractivity contribution >= 4 is 46.3 Å². The van der Waals surface area contributed by atoms with Crippen molar-refractivity contribution in [3.8, 4) is 6.07 Å². The Morgan fingerprint density at radius 2 is 2.05 bits per heavy atom. The lowest BCUT2D eigenvalue weighted by atomic mass is 9.73. The number of nitrogens with two attached hydrogens (primary N) is 1. The number of imidazole rings is 1. The van der Waals surface area contributed by atoms with E-state index in [1.54, 1.807) is 6.20 Å². The zero-order valence-corrected chi connectivity index (χ0v) is 21.1. The van der Waals surface area contributed by atoms with Gasteiger partial charge in [-0.2, -0.15) is 10.2 Å². The van der Waals surface area contributed by atoms with Gasteiger partial charge in [0.05, 0.1) is 34.6 Å². The van der Waals surface area contributed by atoms with Gasteiger partial charge in [-0.25, -0.2) is 14.4 Å². The number of benzene rings is 1. The van der Waals surface area contributed by atoms with Crippen molar-refractivity contribution in [3.05, 3.63) is 34.7 Å². The van der Waals surface area contributed by atoms with Crippen LogP contribution in [-0.2, 0) is 4.79 Å². The number of carbonyl (C=O) groups excluding carboxylic acids is 1. The molecule has 10 nitrogen and oxygen atoms in total. The number of halogens is 2. The number of nitriles is 1. The van der Waals surface area contributed by atoms with Crippen molar-refractivity contribution in [1.29, 1.82) is 5.26 Å². The average Bonchev–Trinajstić information content (AvgIpc) is 3.44. The molecule has 12 heteroatoms. The molecule has 2 atom stereocenters. The van der Waals surface area contributed by atoms with Crippen LogP contribution >= 0.6 is 11.6 Å². The number of hydrogen-bond donors (Lipinski definition) is 4. The highest BCUT2D eigenvalue weighted by Gasteiger charge is 2.38. The van der Waals surface area contributed by atoms with Crippen LogP contribution in [0.15, 0.2) is 18.3 Å². The Hall–Kier alpha value is -3.49. The number of hydrogen-bond acceptors (Lipinski definition) is 8. The van der Waals surface area contributed by atoms with Gasteiger partial charge in [0.25, 0.3) is 0 Å². The summed E-state index contributed by atoms with van der Waals surface area (Å²) < 4.78 is 16.8. The number of amides is 1.